The van der Waals surface area contributed by atoms with Gasteiger partial charge in [-0.3, -0.25) is 14.9 Å². The van der Waals surface area contributed by atoms with Crippen LogP contribution in [0.4, 0.5) is 5.69 Å². The van der Waals surface area contributed by atoms with Gasteiger partial charge in [-0.15, -0.1) is 0 Å². The summed E-state index contributed by atoms with van der Waals surface area (Å²) in [4.78, 5) is 28.3. The molecule has 0 saturated carbocycles. The van der Waals surface area contributed by atoms with E-state index in [1.165, 1.54) is 52.0 Å². The van der Waals surface area contributed by atoms with Crippen molar-refractivity contribution in [3.8, 4) is 0 Å². The van der Waals surface area contributed by atoms with Crippen molar-refractivity contribution in [2.45, 2.75) is 31.3 Å². The number of nitro groups is 1. The van der Waals surface area contributed by atoms with Gasteiger partial charge in [-0.2, -0.15) is 9.30 Å². The topological polar surface area (TPSA) is 115 Å². The van der Waals surface area contributed by atoms with Crippen molar-refractivity contribution in [3.05, 3.63) is 98.3 Å². The molecule has 1 amide bonds. The Morgan fingerprint density at radius 2 is 1.81 bits per heavy atom. The number of thiazole rings is 1. The highest BCUT2D eigenvalue weighted by atomic mass is 32.2. The molecule has 0 spiro atoms. The lowest BCUT2D eigenvalue weighted by Crippen LogP contribution is -2.35. The van der Waals surface area contributed by atoms with Crippen LogP contribution in [0.3, 0.4) is 0 Å². The van der Waals surface area contributed by atoms with Crippen molar-refractivity contribution in [1.82, 2.24) is 8.87 Å². The minimum absolute atomic E-state index is 0.0330. The molecule has 184 valence electrons. The Morgan fingerprint density at radius 3 is 2.50 bits per heavy atom. The van der Waals surface area contributed by atoms with Gasteiger partial charge < -0.3 is 4.57 Å². The largest absolute Gasteiger partial charge is 0.316 e. The maximum absolute atomic E-state index is 13.2. The summed E-state index contributed by atoms with van der Waals surface area (Å²) < 4.78 is 30.4. The summed E-state index contributed by atoms with van der Waals surface area (Å²) in [6, 6.07) is 18.1. The number of hydrogen-bond donors (Lipinski definition) is 0. The summed E-state index contributed by atoms with van der Waals surface area (Å²) in [5.41, 5.74) is 3.01. The minimum Gasteiger partial charge on any atom is -0.316 e. The second kappa shape index (κ2) is 9.41. The molecule has 36 heavy (non-hydrogen) atoms. The molecule has 0 saturated heterocycles. The number of sulfonamides is 1. The van der Waals surface area contributed by atoms with Gasteiger partial charge in [0, 0.05) is 37.3 Å². The highest BCUT2D eigenvalue weighted by Crippen LogP contribution is 2.26. The molecule has 3 aromatic carbocycles. The summed E-state index contributed by atoms with van der Waals surface area (Å²) >= 11 is 1.26. The number of nitrogens with zero attached hydrogens (tertiary/aromatic N) is 4. The van der Waals surface area contributed by atoms with Crippen molar-refractivity contribution < 1.29 is 18.1 Å². The predicted molar refractivity (Wildman–Crippen MR) is 136 cm³/mol. The van der Waals surface area contributed by atoms with Gasteiger partial charge in [0.25, 0.3) is 11.6 Å². The van der Waals surface area contributed by atoms with E-state index in [0.29, 0.717) is 36.4 Å². The Bertz CT molecular complexity index is 1670. The average molecular weight is 523 g/mol. The van der Waals surface area contributed by atoms with Crippen LogP contribution < -0.4 is 4.80 Å². The zero-order valence-electron chi connectivity index (χ0n) is 19.3. The zero-order valence-corrected chi connectivity index (χ0v) is 21.0. The van der Waals surface area contributed by atoms with Crippen LogP contribution in [-0.2, 0) is 29.5 Å². The Kier molecular flexibility index (Phi) is 6.29. The van der Waals surface area contributed by atoms with Crippen molar-refractivity contribution in [3.63, 3.8) is 0 Å². The van der Waals surface area contributed by atoms with E-state index in [0.717, 1.165) is 15.8 Å². The highest BCUT2D eigenvalue weighted by molar-refractivity contribution is 7.89. The average Bonchev–Trinajstić information content (AvgIpc) is 3.24. The van der Waals surface area contributed by atoms with E-state index in [4.69, 9.17) is 0 Å². The van der Waals surface area contributed by atoms with Crippen LogP contribution in [0.5, 0.6) is 0 Å². The van der Waals surface area contributed by atoms with Crippen LogP contribution in [-0.4, -0.2) is 34.7 Å². The van der Waals surface area contributed by atoms with E-state index in [1.807, 2.05) is 31.2 Å². The molecule has 9 nitrogen and oxygen atoms in total. The number of non-ortho nitro benzene ring substituents is 1. The maximum Gasteiger partial charge on any atom is 0.279 e. The molecule has 1 aliphatic rings. The second-order valence-corrected chi connectivity index (χ2v) is 11.3. The lowest BCUT2D eigenvalue weighted by atomic mass is 10.0. The van der Waals surface area contributed by atoms with Gasteiger partial charge in [0.15, 0.2) is 4.80 Å². The van der Waals surface area contributed by atoms with Crippen molar-refractivity contribution in [2.24, 2.45) is 4.99 Å². The SMILES string of the molecule is CCn1c(=NC(=O)c2ccc(S(=O)(=O)N3CCc4ccccc4C3)cc2)sc2ccc([N+](=O)[O-])cc21. The molecule has 1 aliphatic heterocycles. The van der Waals surface area contributed by atoms with Crippen LogP contribution >= 0.6 is 11.3 Å². The summed E-state index contributed by atoms with van der Waals surface area (Å²) in [5.74, 6) is -0.519. The molecule has 0 atom stereocenters. The number of aromatic nitrogens is 1. The zero-order chi connectivity index (χ0) is 25.4. The van der Waals surface area contributed by atoms with E-state index in [2.05, 4.69) is 4.99 Å². The molecular formula is C25H22N4O5S2. The molecule has 5 rings (SSSR count). The van der Waals surface area contributed by atoms with Gasteiger partial charge in [-0.1, -0.05) is 35.6 Å². The Balaban J connectivity index is 1.42. The second-order valence-electron chi connectivity index (χ2n) is 8.34. The molecule has 2 heterocycles. The van der Waals surface area contributed by atoms with Crippen LogP contribution in [0, 0.1) is 10.1 Å². The fraction of sp³-hybridized carbons (Fsp3) is 0.200. The van der Waals surface area contributed by atoms with Gasteiger partial charge in [0.05, 0.1) is 20.0 Å². The van der Waals surface area contributed by atoms with Gasteiger partial charge >= 0.3 is 0 Å². The van der Waals surface area contributed by atoms with Crippen LogP contribution in [0.25, 0.3) is 10.2 Å². The summed E-state index contributed by atoms with van der Waals surface area (Å²) in [7, 11) is -3.71. The van der Waals surface area contributed by atoms with Gasteiger partial charge in [-0.25, -0.2) is 8.42 Å². The van der Waals surface area contributed by atoms with Crippen LogP contribution in [0.2, 0.25) is 0 Å². The molecule has 0 N–H and O–H groups in total. The summed E-state index contributed by atoms with van der Waals surface area (Å²) in [6.07, 6.45) is 0.653. The number of aryl methyl sites for hydroxylation is 1. The monoisotopic (exact) mass is 522 g/mol. The minimum atomic E-state index is -3.71. The third-order valence-corrected chi connectivity index (χ3v) is 9.14. The van der Waals surface area contributed by atoms with Crippen molar-refractivity contribution in [1.29, 1.82) is 0 Å². The first-order valence-corrected chi connectivity index (χ1v) is 13.6. The molecule has 0 fully saturated rings. The van der Waals surface area contributed by atoms with Gasteiger partial charge in [0.2, 0.25) is 10.0 Å². The molecule has 0 radical (unpaired) electrons. The quantitative estimate of drug-likeness (QED) is 0.289. The number of fused-ring (bicyclic) bond motifs is 2. The molecule has 0 unspecified atom stereocenters. The predicted octanol–water partition coefficient (Wildman–Crippen LogP) is 4.12. The lowest BCUT2D eigenvalue weighted by Gasteiger charge is -2.28. The lowest BCUT2D eigenvalue weighted by molar-refractivity contribution is -0.384. The van der Waals surface area contributed by atoms with Crippen molar-refractivity contribution in [2.75, 3.05) is 6.54 Å². The van der Waals surface area contributed by atoms with Crippen LogP contribution in [0.15, 0.2) is 76.6 Å². The van der Waals surface area contributed by atoms with E-state index < -0.39 is 20.9 Å². The summed E-state index contributed by atoms with van der Waals surface area (Å²) in [6.45, 7) is 3.06. The molecule has 0 bridgehead atoms. The van der Waals surface area contributed by atoms with Gasteiger partial charge in [0.1, 0.15) is 0 Å². The number of rotatable bonds is 5. The van der Waals surface area contributed by atoms with E-state index in [9.17, 15) is 23.3 Å². The Morgan fingerprint density at radius 1 is 1.08 bits per heavy atom. The number of amides is 1. The molecular weight excluding hydrogens is 500 g/mol. The van der Waals surface area contributed by atoms with Gasteiger partial charge in [-0.05, 0) is 54.8 Å². The fourth-order valence-electron chi connectivity index (χ4n) is 4.31. The number of carbonyl (C=O) groups is 1. The molecule has 1 aromatic heterocycles. The Hall–Kier alpha value is -3.67. The van der Waals surface area contributed by atoms with E-state index >= 15 is 0 Å². The van der Waals surface area contributed by atoms with Crippen molar-refractivity contribution >= 4 is 43.2 Å². The van der Waals surface area contributed by atoms with Crippen LogP contribution in [0.1, 0.15) is 28.4 Å². The third-order valence-electron chi connectivity index (χ3n) is 6.22. The highest BCUT2D eigenvalue weighted by Gasteiger charge is 2.28. The number of hydrogen-bond acceptors (Lipinski definition) is 6. The number of benzene rings is 3. The first-order chi connectivity index (χ1) is 17.3. The molecule has 4 aromatic rings. The first-order valence-electron chi connectivity index (χ1n) is 11.3. The third kappa shape index (κ3) is 4.36. The maximum atomic E-state index is 13.2. The molecule has 0 aliphatic carbocycles. The normalized spacial score (nSPS) is 14.6. The summed E-state index contributed by atoms with van der Waals surface area (Å²) in [5, 5.41) is 11.1. The Labute approximate surface area is 211 Å². The number of nitro benzene ring substituents is 1. The standard InChI is InChI=1S/C25H22N4O5S2/c1-2-28-22-15-20(29(31)32)9-12-23(22)35-25(28)26-24(30)18-7-10-21(11-8-18)36(33,34)27-14-13-17-5-3-4-6-19(17)16-27/h3-12,15H,2,13-14,16H2,1H3. The fourth-order valence-corrected chi connectivity index (χ4v) is 6.80. The van der Waals surface area contributed by atoms with E-state index in [1.54, 1.807) is 10.6 Å². The molecule has 11 heteroatoms. The van der Waals surface area contributed by atoms with E-state index in [-0.39, 0.29) is 16.1 Å². The number of carbonyl (C=O) groups excluding carboxylic acids is 1. The first kappa shape index (κ1) is 24.0. The smallest absolute Gasteiger partial charge is 0.279 e.